The molecule has 0 unspecified atom stereocenters. The summed E-state index contributed by atoms with van der Waals surface area (Å²) >= 11 is 6.25. The second kappa shape index (κ2) is 8.01. The fourth-order valence-corrected chi connectivity index (χ4v) is 2.41. The van der Waals surface area contributed by atoms with Crippen LogP contribution in [0.15, 0.2) is 42.6 Å². The average molecular weight is 304 g/mol. The van der Waals surface area contributed by atoms with Gasteiger partial charge in [0.1, 0.15) is 5.82 Å². The summed E-state index contributed by atoms with van der Waals surface area (Å²) < 4.78 is 0. The molecular weight excluding hydrogens is 282 g/mol. The summed E-state index contributed by atoms with van der Waals surface area (Å²) in [6, 6.07) is 12.4. The van der Waals surface area contributed by atoms with Gasteiger partial charge in [0, 0.05) is 25.0 Å². The molecule has 2 aromatic rings. The molecule has 21 heavy (non-hydrogen) atoms. The van der Waals surface area contributed by atoms with Crippen LogP contribution in [0.2, 0.25) is 5.02 Å². The molecule has 0 atom stereocenters. The van der Waals surface area contributed by atoms with Crippen LogP contribution in [0, 0.1) is 0 Å². The Hall–Kier alpha value is -1.58. The first-order valence-electron chi connectivity index (χ1n) is 7.44. The Bertz CT molecular complexity index is 557. The van der Waals surface area contributed by atoms with Gasteiger partial charge >= 0.3 is 0 Å². The van der Waals surface area contributed by atoms with Crippen LogP contribution in [0.4, 0.5) is 11.5 Å². The lowest BCUT2D eigenvalue weighted by atomic mass is 10.2. The quantitative estimate of drug-likeness (QED) is 0.769. The standard InChI is InChI=1S/C17H22ClN3/c1-3-10-19-12-14-11-17(20-13-16(14)18)21(4-2)15-8-6-5-7-9-15/h5-9,11,13,19H,3-4,10,12H2,1-2H3. The first-order valence-corrected chi connectivity index (χ1v) is 7.81. The molecule has 112 valence electrons. The Kier molecular flexibility index (Phi) is 6.03. The van der Waals surface area contributed by atoms with Crippen LogP contribution in [0.25, 0.3) is 0 Å². The molecule has 0 bridgehead atoms. The van der Waals surface area contributed by atoms with Crippen LogP contribution in [0.3, 0.4) is 0 Å². The van der Waals surface area contributed by atoms with E-state index in [1.807, 2.05) is 18.2 Å². The van der Waals surface area contributed by atoms with Gasteiger partial charge in [-0.2, -0.15) is 0 Å². The monoisotopic (exact) mass is 303 g/mol. The Morgan fingerprint density at radius 2 is 1.95 bits per heavy atom. The zero-order valence-electron chi connectivity index (χ0n) is 12.6. The highest BCUT2D eigenvalue weighted by molar-refractivity contribution is 6.31. The number of aromatic nitrogens is 1. The normalized spacial score (nSPS) is 10.6. The predicted octanol–water partition coefficient (Wildman–Crippen LogP) is 4.39. The molecule has 0 saturated carbocycles. The Labute approximate surface area is 132 Å². The molecule has 3 nitrogen and oxygen atoms in total. The molecule has 0 aliphatic rings. The Morgan fingerprint density at radius 1 is 1.19 bits per heavy atom. The molecule has 1 heterocycles. The third-order valence-electron chi connectivity index (χ3n) is 3.32. The largest absolute Gasteiger partial charge is 0.327 e. The summed E-state index contributed by atoms with van der Waals surface area (Å²) in [4.78, 5) is 6.66. The number of para-hydroxylation sites is 1. The predicted molar refractivity (Wildman–Crippen MR) is 90.4 cm³/mol. The van der Waals surface area contributed by atoms with Crippen LogP contribution in [-0.2, 0) is 6.54 Å². The van der Waals surface area contributed by atoms with Crippen molar-refractivity contribution in [1.82, 2.24) is 10.3 Å². The maximum atomic E-state index is 6.25. The van der Waals surface area contributed by atoms with E-state index in [2.05, 4.69) is 47.2 Å². The Balaban J connectivity index is 2.24. The number of anilines is 2. The van der Waals surface area contributed by atoms with Crippen LogP contribution in [-0.4, -0.2) is 18.1 Å². The number of benzene rings is 1. The van der Waals surface area contributed by atoms with Gasteiger partial charge in [-0.25, -0.2) is 4.98 Å². The third-order valence-corrected chi connectivity index (χ3v) is 3.66. The summed E-state index contributed by atoms with van der Waals surface area (Å²) in [6.45, 7) is 6.90. The van der Waals surface area contributed by atoms with Crippen LogP contribution < -0.4 is 10.2 Å². The van der Waals surface area contributed by atoms with Crippen molar-refractivity contribution < 1.29 is 0 Å². The summed E-state index contributed by atoms with van der Waals surface area (Å²) in [5.41, 5.74) is 2.23. The number of halogens is 1. The van der Waals surface area contributed by atoms with E-state index in [1.54, 1.807) is 6.20 Å². The van der Waals surface area contributed by atoms with E-state index in [4.69, 9.17) is 11.6 Å². The van der Waals surface area contributed by atoms with Gasteiger partial charge in [0.05, 0.1) is 5.02 Å². The third kappa shape index (κ3) is 4.19. The molecule has 2 rings (SSSR count). The number of hydrogen-bond donors (Lipinski definition) is 1. The topological polar surface area (TPSA) is 28.2 Å². The average Bonchev–Trinajstić information content (AvgIpc) is 2.52. The number of nitrogens with one attached hydrogen (secondary N) is 1. The van der Waals surface area contributed by atoms with Crippen LogP contribution >= 0.6 is 11.6 Å². The van der Waals surface area contributed by atoms with E-state index < -0.39 is 0 Å². The van der Waals surface area contributed by atoms with Gasteiger partial charge in [-0.15, -0.1) is 0 Å². The second-order valence-corrected chi connectivity index (χ2v) is 5.30. The lowest BCUT2D eigenvalue weighted by Gasteiger charge is -2.23. The molecule has 1 aromatic heterocycles. The fraction of sp³-hybridized carbons (Fsp3) is 0.353. The van der Waals surface area contributed by atoms with Crippen molar-refractivity contribution in [1.29, 1.82) is 0 Å². The van der Waals surface area contributed by atoms with Gasteiger partial charge in [-0.1, -0.05) is 36.7 Å². The van der Waals surface area contributed by atoms with Crippen molar-refractivity contribution in [2.75, 3.05) is 18.0 Å². The van der Waals surface area contributed by atoms with Crippen molar-refractivity contribution in [3.05, 3.63) is 53.2 Å². The summed E-state index contributed by atoms with van der Waals surface area (Å²) in [7, 11) is 0. The number of pyridine rings is 1. The van der Waals surface area contributed by atoms with Crippen molar-refractivity contribution in [2.24, 2.45) is 0 Å². The zero-order valence-corrected chi connectivity index (χ0v) is 13.4. The smallest absolute Gasteiger partial charge is 0.133 e. The first kappa shape index (κ1) is 15.8. The molecule has 0 spiro atoms. The lowest BCUT2D eigenvalue weighted by Crippen LogP contribution is -2.19. The molecule has 0 aliphatic carbocycles. The minimum atomic E-state index is 0.714. The van der Waals surface area contributed by atoms with Gasteiger partial charge in [0.2, 0.25) is 0 Å². The lowest BCUT2D eigenvalue weighted by molar-refractivity contribution is 0.675. The number of rotatable bonds is 7. The Morgan fingerprint density at radius 3 is 2.62 bits per heavy atom. The maximum absolute atomic E-state index is 6.25. The minimum absolute atomic E-state index is 0.714. The molecule has 4 heteroatoms. The zero-order chi connectivity index (χ0) is 15.1. The highest BCUT2D eigenvalue weighted by atomic mass is 35.5. The fourth-order valence-electron chi connectivity index (χ4n) is 2.24. The first-order chi connectivity index (χ1) is 10.3. The highest BCUT2D eigenvalue weighted by Crippen LogP contribution is 2.26. The summed E-state index contributed by atoms with van der Waals surface area (Å²) in [5, 5.41) is 4.10. The van der Waals surface area contributed by atoms with E-state index in [0.717, 1.165) is 43.1 Å². The molecule has 1 N–H and O–H groups in total. The van der Waals surface area contributed by atoms with E-state index in [1.165, 1.54) is 0 Å². The number of hydrogen-bond acceptors (Lipinski definition) is 3. The minimum Gasteiger partial charge on any atom is -0.327 e. The van der Waals surface area contributed by atoms with E-state index in [0.29, 0.717) is 5.02 Å². The molecule has 0 aliphatic heterocycles. The molecule has 0 amide bonds. The van der Waals surface area contributed by atoms with Gasteiger partial charge in [-0.3, -0.25) is 0 Å². The van der Waals surface area contributed by atoms with Crippen molar-refractivity contribution in [2.45, 2.75) is 26.8 Å². The highest BCUT2D eigenvalue weighted by Gasteiger charge is 2.10. The van der Waals surface area contributed by atoms with E-state index >= 15 is 0 Å². The van der Waals surface area contributed by atoms with Gasteiger partial charge < -0.3 is 10.2 Å². The molecule has 1 aromatic carbocycles. The van der Waals surface area contributed by atoms with E-state index in [9.17, 15) is 0 Å². The summed E-state index contributed by atoms with van der Waals surface area (Å²) in [5.74, 6) is 0.932. The van der Waals surface area contributed by atoms with Crippen molar-refractivity contribution >= 4 is 23.1 Å². The molecule has 0 radical (unpaired) electrons. The maximum Gasteiger partial charge on any atom is 0.133 e. The van der Waals surface area contributed by atoms with E-state index in [-0.39, 0.29) is 0 Å². The number of nitrogens with zero attached hydrogens (tertiary/aromatic N) is 2. The summed E-state index contributed by atoms with van der Waals surface area (Å²) in [6.07, 6.45) is 2.85. The van der Waals surface area contributed by atoms with Gasteiger partial charge in [0.15, 0.2) is 0 Å². The van der Waals surface area contributed by atoms with Crippen molar-refractivity contribution in [3.8, 4) is 0 Å². The second-order valence-electron chi connectivity index (χ2n) is 4.89. The molecule has 0 saturated heterocycles. The van der Waals surface area contributed by atoms with Gasteiger partial charge in [0.25, 0.3) is 0 Å². The molecule has 0 fully saturated rings. The van der Waals surface area contributed by atoms with Crippen LogP contribution in [0.1, 0.15) is 25.8 Å². The van der Waals surface area contributed by atoms with Gasteiger partial charge in [-0.05, 0) is 43.7 Å². The molecular formula is C17H22ClN3. The van der Waals surface area contributed by atoms with Crippen LogP contribution in [0.5, 0.6) is 0 Å². The van der Waals surface area contributed by atoms with Crippen molar-refractivity contribution in [3.63, 3.8) is 0 Å². The SMILES string of the molecule is CCCNCc1cc(N(CC)c2ccccc2)ncc1Cl.